The molecule has 0 aliphatic carbocycles. The van der Waals surface area contributed by atoms with Gasteiger partial charge in [0.25, 0.3) is 11.1 Å². The van der Waals surface area contributed by atoms with Crippen LogP contribution in [0.25, 0.3) is 21.8 Å². The molecule has 0 saturated carbocycles. The van der Waals surface area contributed by atoms with Crippen molar-refractivity contribution >= 4 is 33.7 Å². The Hall–Kier alpha value is -7.04. The van der Waals surface area contributed by atoms with Gasteiger partial charge in [0.2, 0.25) is 0 Å². The summed E-state index contributed by atoms with van der Waals surface area (Å²) in [5.74, 6) is 3.68. The Bertz CT molecular complexity index is 3060. The predicted octanol–water partition coefficient (Wildman–Crippen LogP) is 8.34. The van der Waals surface area contributed by atoms with Crippen LogP contribution < -0.4 is 39.5 Å². The summed E-state index contributed by atoms with van der Waals surface area (Å²) in [7, 11) is 3.22. The third-order valence-corrected chi connectivity index (χ3v) is 15.3. The zero-order chi connectivity index (χ0) is 51.7. The molecule has 6 aromatic rings. The third kappa shape index (κ3) is 11.8. The first kappa shape index (κ1) is 51.8. The van der Waals surface area contributed by atoms with Gasteiger partial charge in [-0.15, -0.1) is 0 Å². The summed E-state index contributed by atoms with van der Waals surface area (Å²) >= 11 is 0. The summed E-state index contributed by atoms with van der Waals surface area (Å²) in [5, 5.41) is 12.1. The molecule has 2 saturated heterocycles. The molecule has 0 unspecified atom stereocenters. The van der Waals surface area contributed by atoms with Gasteiger partial charge < -0.3 is 47.4 Å². The van der Waals surface area contributed by atoms with Gasteiger partial charge >= 0.3 is 11.9 Å². The molecule has 6 heterocycles. The maximum atomic E-state index is 13.2. The predicted molar refractivity (Wildman–Crippen MR) is 281 cm³/mol. The molecule has 392 valence electrons. The maximum absolute atomic E-state index is 13.2. The van der Waals surface area contributed by atoms with Crippen LogP contribution in [0.5, 0.6) is 34.5 Å². The third-order valence-electron chi connectivity index (χ3n) is 15.3. The Morgan fingerprint density at radius 2 is 0.973 bits per heavy atom. The van der Waals surface area contributed by atoms with Gasteiger partial charge in [0, 0.05) is 50.4 Å². The van der Waals surface area contributed by atoms with E-state index in [9.17, 15) is 24.3 Å². The number of likely N-dealkylation sites (tertiary alicyclic amines) is 2. The van der Waals surface area contributed by atoms with Gasteiger partial charge in [-0.05, 0) is 167 Å². The van der Waals surface area contributed by atoms with E-state index < -0.39 is 16.8 Å². The van der Waals surface area contributed by atoms with Crippen molar-refractivity contribution < 1.29 is 47.9 Å². The van der Waals surface area contributed by atoms with E-state index >= 15 is 0 Å². The molecule has 4 aromatic carbocycles. The van der Waals surface area contributed by atoms with Crippen LogP contribution >= 0.6 is 0 Å². The van der Waals surface area contributed by atoms with Crippen molar-refractivity contribution in [3.8, 4) is 34.5 Å². The lowest BCUT2D eigenvalue weighted by molar-refractivity contribution is -0.159. The number of carboxylic acid groups (broad SMARTS) is 1. The molecular formula is C58H68N4O12. The molecule has 0 amide bonds. The lowest BCUT2D eigenvalue weighted by Gasteiger charge is -2.40. The number of esters is 1. The lowest BCUT2D eigenvalue weighted by atomic mass is 9.74. The zero-order valence-corrected chi connectivity index (χ0v) is 42.8. The molecule has 16 nitrogen and oxygen atoms in total. The molecule has 4 aliphatic rings. The second kappa shape index (κ2) is 23.4. The number of carbonyl (C=O) groups excluding carboxylic acids is 1. The number of carbonyl (C=O) groups is 2. The fourth-order valence-electron chi connectivity index (χ4n) is 11.0. The highest BCUT2D eigenvalue weighted by Crippen LogP contribution is 2.41. The summed E-state index contributed by atoms with van der Waals surface area (Å²) in [4.78, 5) is 55.6. The minimum atomic E-state index is -0.769. The van der Waals surface area contributed by atoms with Gasteiger partial charge in [-0.25, -0.2) is 0 Å². The number of ether oxygens (including phenoxy) is 7. The largest absolute Gasteiger partial charge is 0.497 e. The molecule has 74 heavy (non-hydrogen) atoms. The average Bonchev–Trinajstić information content (AvgIpc) is 3.43. The van der Waals surface area contributed by atoms with Crippen molar-refractivity contribution in [3.05, 3.63) is 129 Å². The van der Waals surface area contributed by atoms with Crippen molar-refractivity contribution in [1.29, 1.82) is 0 Å². The van der Waals surface area contributed by atoms with Gasteiger partial charge in [0.15, 0.2) is 23.0 Å². The number of carboxylic acids is 1. The van der Waals surface area contributed by atoms with Crippen LogP contribution in [0.3, 0.4) is 0 Å². The number of aliphatic carboxylic acids is 1. The Kier molecular flexibility index (Phi) is 16.4. The summed E-state index contributed by atoms with van der Waals surface area (Å²) < 4.78 is 42.5. The zero-order valence-electron chi connectivity index (χ0n) is 42.8. The number of piperidine rings is 2. The topological polar surface area (TPSA) is 169 Å². The van der Waals surface area contributed by atoms with Crippen molar-refractivity contribution in [2.75, 3.05) is 73.4 Å². The quantitative estimate of drug-likeness (QED) is 0.0866. The molecule has 16 heteroatoms. The van der Waals surface area contributed by atoms with Gasteiger partial charge in [-0.2, -0.15) is 0 Å². The van der Waals surface area contributed by atoms with E-state index in [2.05, 4.69) is 21.9 Å². The Morgan fingerprint density at radius 1 is 0.554 bits per heavy atom. The monoisotopic (exact) mass is 1010 g/mol. The molecule has 2 fully saturated rings. The number of rotatable bonds is 17. The fraction of sp³-hybridized carbons (Fsp3) is 0.448. The van der Waals surface area contributed by atoms with Crippen LogP contribution in [0.15, 0.2) is 107 Å². The van der Waals surface area contributed by atoms with Crippen molar-refractivity contribution in [3.63, 3.8) is 0 Å². The van der Waals surface area contributed by atoms with E-state index in [0.717, 1.165) is 89.4 Å². The second-order valence-corrected chi connectivity index (χ2v) is 19.8. The average molecular weight is 1010 g/mol. The number of fused-ring (bicyclic) bond motifs is 4. The highest BCUT2D eigenvalue weighted by molar-refractivity contribution is 5.81. The number of hydrogen-bond donors (Lipinski definition) is 1. The maximum Gasteiger partial charge on any atom is 0.312 e. The van der Waals surface area contributed by atoms with Gasteiger partial charge in [0.05, 0.1) is 42.7 Å². The number of pyridine rings is 2. The highest BCUT2D eigenvalue weighted by atomic mass is 16.6. The van der Waals surface area contributed by atoms with E-state index in [4.69, 9.17) is 33.2 Å². The second-order valence-electron chi connectivity index (χ2n) is 19.8. The Labute approximate surface area is 431 Å². The number of hydrogen-bond acceptors (Lipinski definition) is 13. The molecule has 1 N–H and O–H groups in total. The molecule has 4 aliphatic heterocycles. The highest BCUT2D eigenvalue weighted by Gasteiger charge is 2.43. The van der Waals surface area contributed by atoms with Gasteiger partial charge in [-0.3, -0.25) is 29.0 Å². The van der Waals surface area contributed by atoms with E-state index in [1.807, 2.05) is 79.7 Å². The Morgan fingerprint density at radius 3 is 1.41 bits per heavy atom. The molecule has 0 radical (unpaired) electrons. The van der Waals surface area contributed by atoms with E-state index in [0.29, 0.717) is 109 Å². The number of nitrogens with zero attached hydrogens (tertiary/aromatic N) is 4. The van der Waals surface area contributed by atoms with Crippen LogP contribution in [0.4, 0.5) is 0 Å². The minimum absolute atomic E-state index is 0.0508. The van der Waals surface area contributed by atoms with E-state index in [-0.39, 0.29) is 17.1 Å². The number of aromatic nitrogens is 2. The molecular weight excluding hydrogens is 945 g/mol. The van der Waals surface area contributed by atoms with E-state index in [1.165, 1.54) is 5.56 Å². The smallest absolute Gasteiger partial charge is 0.312 e. The minimum Gasteiger partial charge on any atom is -0.497 e. The first-order chi connectivity index (χ1) is 36.0. The molecule has 0 spiro atoms. The molecule has 2 aromatic heterocycles. The summed E-state index contributed by atoms with van der Waals surface area (Å²) in [5.41, 5.74) is 2.51. The standard InChI is InChI=1S/C30H36N2O6.C28H32N2O6/c1-3-36-29(34)30(11-4-14-32-25-20-24(35-2)8-6-23(25)7-10-28(32)33)12-15-31(16-13-30)21-22-5-9-26-27(19-22)38-18-17-37-26;1-34-22-6-4-21-5-8-26(31)30(23(21)18-22)12-2-9-28(27(32)33)10-13-29(14-11-28)19-20-3-7-24-25(17-20)36-16-15-35-24/h5-10,19-20H,3-4,11-18,21H2,1-2H3;3-8,17-18H,2,9-16,19H2,1H3,(H,32,33). The summed E-state index contributed by atoms with van der Waals surface area (Å²) in [6.07, 6.45) is 5.17. The van der Waals surface area contributed by atoms with Gasteiger partial charge in [-0.1, -0.05) is 12.1 Å². The fourth-order valence-corrected chi connectivity index (χ4v) is 11.0. The van der Waals surface area contributed by atoms with Crippen molar-refractivity contribution in [2.45, 2.75) is 84.5 Å². The lowest BCUT2D eigenvalue weighted by Crippen LogP contribution is -2.45. The summed E-state index contributed by atoms with van der Waals surface area (Å²) in [6.45, 7) is 10.1. The first-order valence-corrected chi connectivity index (χ1v) is 26.0. The van der Waals surface area contributed by atoms with Crippen LogP contribution in [0.1, 0.15) is 69.4 Å². The SMILES string of the molecule is CCOC(=O)C1(CCCn2c(=O)ccc3ccc(OC)cc32)CCN(Cc2ccc3c(c2)OCCO3)CC1.COc1ccc2ccc(=O)n(CCCC3(C(=O)O)CCN(Cc4ccc5c(c4)OCCO5)CC3)c2c1. The van der Waals surface area contributed by atoms with Crippen LogP contribution in [-0.2, 0) is 40.5 Å². The van der Waals surface area contributed by atoms with E-state index in [1.54, 1.807) is 35.5 Å². The van der Waals surface area contributed by atoms with Gasteiger partial charge in [0.1, 0.15) is 37.9 Å². The van der Waals surface area contributed by atoms with Crippen LogP contribution in [-0.4, -0.2) is 109 Å². The normalized spacial score (nSPS) is 17.0. The van der Waals surface area contributed by atoms with Crippen LogP contribution in [0, 0.1) is 10.8 Å². The number of aryl methyl sites for hydroxylation is 2. The summed E-state index contributed by atoms with van der Waals surface area (Å²) in [6, 6.07) is 30.3. The van der Waals surface area contributed by atoms with Crippen molar-refractivity contribution in [1.82, 2.24) is 18.9 Å². The Balaban J connectivity index is 0.000000182. The van der Waals surface area contributed by atoms with Crippen LogP contribution in [0.2, 0.25) is 0 Å². The molecule has 10 rings (SSSR count). The molecule has 0 bridgehead atoms. The van der Waals surface area contributed by atoms with Crippen molar-refractivity contribution in [2.24, 2.45) is 10.8 Å². The molecule has 0 atom stereocenters. The number of methoxy groups -OCH3 is 2. The number of benzene rings is 4. The first-order valence-electron chi connectivity index (χ1n) is 26.0.